The average molecular weight is 471 g/mol. The fraction of sp³-hybridized carbons (Fsp3) is 0.136. The minimum atomic E-state index is -1.15. The molecule has 10 heteroatoms. The summed E-state index contributed by atoms with van der Waals surface area (Å²) in [7, 11) is 0. The zero-order valence-corrected chi connectivity index (χ0v) is 18.5. The van der Waals surface area contributed by atoms with Crippen molar-refractivity contribution in [3.8, 4) is 0 Å². The van der Waals surface area contributed by atoms with Crippen LogP contribution in [0, 0.1) is 6.92 Å². The molecule has 0 saturated carbocycles. The lowest BCUT2D eigenvalue weighted by Gasteiger charge is -2.10. The van der Waals surface area contributed by atoms with E-state index >= 15 is 0 Å². The van der Waals surface area contributed by atoms with Crippen LogP contribution in [0.15, 0.2) is 53.4 Å². The number of nitrogens with one attached hydrogen (secondary N) is 1. The number of ether oxygens (including phenoxy) is 1. The smallest absolute Gasteiger partial charge is 0.338 e. The van der Waals surface area contributed by atoms with Crippen LogP contribution < -0.4 is 5.32 Å². The fourth-order valence-corrected chi connectivity index (χ4v) is 3.94. The quantitative estimate of drug-likeness (QED) is 0.361. The van der Waals surface area contributed by atoms with Crippen LogP contribution in [-0.4, -0.2) is 51.2 Å². The minimum Gasteiger partial charge on any atom is -0.480 e. The highest BCUT2D eigenvalue weighted by Gasteiger charge is 2.33. The van der Waals surface area contributed by atoms with Gasteiger partial charge in [0.15, 0.2) is 6.61 Å². The molecule has 0 aromatic heterocycles. The van der Waals surface area contributed by atoms with E-state index in [1.54, 1.807) is 30.3 Å². The predicted octanol–water partition coefficient (Wildman–Crippen LogP) is 3.08. The lowest BCUT2D eigenvalue weighted by molar-refractivity contribution is -0.140. The van der Waals surface area contributed by atoms with Crippen molar-refractivity contribution in [2.45, 2.75) is 6.92 Å². The van der Waals surface area contributed by atoms with Crippen molar-refractivity contribution in [1.82, 2.24) is 4.90 Å². The van der Waals surface area contributed by atoms with Gasteiger partial charge >= 0.3 is 11.9 Å². The maximum Gasteiger partial charge on any atom is 0.338 e. The second kappa shape index (κ2) is 10.2. The number of aryl methyl sites for hydroxylation is 1. The van der Waals surface area contributed by atoms with Crippen LogP contribution >= 0.6 is 24.0 Å². The summed E-state index contributed by atoms with van der Waals surface area (Å²) in [5.74, 6) is -2.76. The summed E-state index contributed by atoms with van der Waals surface area (Å²) in [6, 6.07) is 13.4. The van der Waals surface area contributed by atoms with Gasteiger partial charge in [0.25, 0.3) is 11.8 Å². The summed E-state index contributed by atoms with van der Waals surface area (Å²) < 4.78 is 5.21. The monoisotopic (exact) mass is 470 g/mol. The number of rotatable bonds is 7. The van der Waals surface area contributed by atoms with Gasteiger partial charge in [0.2, 0.25) is 0 Å². The molecule has 0 atom stereocenters. The molecular weight excluding hydrogens is 452 g/mol. The summed E-state index contributed by atoms with van der Waals surface area (Å²) >= 11 is 6.06. The van der Waals surface area contributed by atoms with Crippen molar-refractivity contribution < 1.29 is 29.0 Å². The molecule has 3 rings (SSSR count). The van der Waals surface area contributed by atoms with Crippen molar-refractivity contribution in [3.05, 3.63) is 70.1 Å². The van der Waals surface area contributed by atoms with Crippen molar-refractivity contribution >= 4 is 63.8 Å². The summed E-state index contributed by atoms with van der Waals surface area (Å²) in [6.45, 7) is 1.01. The standard InChI is InChI=1S/C22H18N2O6S2/c1-13-2-8-16(9-3-13)23-18(25)12-30-21(29)15-6-4-14(5-7-15)10-17-20(28)24(11-19(26)27)22(31)32-17/h2-10H,11-12H2,1H3,(H,23,25)(H,26,27). The number of hydrogen-bond donors (Lipinski definition) is 2. The second-order valence-electron chi connectivity index (χ2n) is 6.77. The van der Waals surface area contributed by atoms with Gasteiger partial charge in [0, 0.05) is 5.69 Å². The molecular formula is C22H18N2O6S2. The lowest BCUT2D eigenvalue weighted by atomic mass is 10.1. The Labute approximate surface area is 193 Å². The molecule has 0 unspecified atom stereocenters. The number of hydrogen-bond acceptors (Lipinski definition) is 7. The number of thiocarbonyl (C=S) groups is 1. The lowest BCUT2D eigenvalue weighted by Crippen LogP contribution is -2.33. The van der Waals surface area contributed by atoms with Crippen molar-refractivity contribution in [3.63, 3.8) is 0 Å². The van der Waals surface area contributed by atoms with E-state index in [2.05, 4.69) is 5.32 Å². The summed E-state index contributed by atoms with van der Waals surface area (Å²) in [6.07, 6.45) is 1.56. The first-order chi connectivity index (χ1) is 15.2. The van der Waals surface area contributed by atoms with E-state index in [9.17, 15) is 19.2 Å². The third-order valence-corrected chi connectivity index (χ3v) is 5.66. The third-order valence-electron chi connectivity index (χ3n) is 4.28. The van der Waals surface area contributed by atoms with Crippen LogP contribution in [-0.2, 0) is 19.1 Å². The van der Waals surface area contributed by atoms with E-state index < -0.39 is 36.9 Å². The van der Waals surface area contributed by atoms with Crippen molar-refractivity contribution in [1.29, 1.82) is 0 Å². The van der Waals surface area contributed by atoms with E-state index in [1.807, 2.05) is 19.1 Å². The van der Waals surface area contributed by atoms with Gasteiger partial charge in [-0.15, -0.1) is 0 Å². The van der Waals surface area contributed by atoms with Crippen LogP contribution in [0.2, 0.25) is 0 Å². The molecule has 8 nitrogen and oxygen atoms in total. The Morgan fingerprint density at radius 3 is 2.41 bits per heavy atom. The van der Waals surface area contributed by atoms with Crippen LogP contribution in [0.3, 0.4) is 0 Å². The number of carboxylic acid groups (broad SMARTS) is 1. The van der Waals surface area contributed by atoms with Gasteiger partial charge in [0.1, 0.15) is 10.9 Å². The number of aliphatic carboxylic acids is 1. The number of nitrogens with zero attached hydrogens (tertiary/aromatic N) is 1. The number of benzene rings is 2. The van der Waals surface area contributed by atoms with E-state index in [4.69, 9.17) is 22.1 Å². The zero-order valence-electron chi connectivity index (χ0n) is 16.9. The molecule has 2 aromatic carbocycles. The average Bonchev–Trinajstić information content (AvgIpc) is 3.01. The van der Waals surface area contributed by atoms with Crippen LogP contribution in [0.4, 0.5) is 5.69 Å². The number of anilines is 1. The molecule has 0 aliphatic carbocycles. The van der Waals surface area contributed by atoms with Gasteiger partial charge in [-0.3, -0.25) is 19.3 Å². The highest BCUT2D eigenvalue weighted by Crippen LogP contribution is 2.32. The third kappa shape index (κ3) is 6.02. The maximum absolute atomic E-state index is 12.3. The molecule has 2 amide bonds. The van der Waals surface area contributed by atoms with Crippen LogP contribution in [0.25, 0.3) is 6.08 Å². The molecule has 32 heavy (non-hydrogen) atoms. The summed E-state index contributed by atoms with van der Waals surface area (Å²) in [5, 5.41) is 11.5. The molecule has 164 valence electrons. The largest absolute Gasteiger partial charge is 0.480 e. The topological polar surface area (TPSA) is 113 Å². The molecule has 1 saturated heterocycles. The van der Waals surface area contributed by atoms with Gasteiger partial charge in [-0.2, -0.15) is 0 Å². The number of carboxylic acids is 1. The van der Waals surface area contributed by atoms with E-state index in [-0.39, 0.29) is 9.88 Å². The molecule has 0 spiro atoms. The first-order valence-electron chi connectivity index (χ1n) is 9.34. The maximum atomic E-state index is 12.3. The normalized spacial score (nSPS) is 14.5. The number of carbonyl (C=O) groups is 4. The number of thioether (sulfide) groups is 1. The molecule has 0 bridgehead atoms. The first-order valence-corrected chi connectivity index (χ1v) is 10.6. The molecule has 1 heterocycles. The molecule has 2 aromatic rings. The van der Waals surface area contributed by atoms with Gasteiger partial charge in [-0.25, -0.2) is 4.79 Å². The number of carbonyl (C=O) groups excluding carboxylic acids is 3. The summed E-state index contributed by atoms with van der Waals surface area (Å²) in [4.78, 5) is 48.6. The molecule has 1 aliphatic heterocycles. The summed E-state index contributed by atoms with van der Waals surface area (Å²) in [5.41, 5.74) is 2.53. The minimum absolute atomic E-state index is 0.174. The van der Waals surface area contributed by atoms with Gasteiger partial charge in [-0.05, 0) is 42.8 Å². The molecule has 1 aliphatic rings. The van der Waals surface area contributed by atoms with Crippen LogP contribution in [0.5, 0.6) is 0 Å². The highest BCUT2D eigenvalue weighted by atomic mass is 32.2. The molecule has 2 N–H and O–H groups in total. The second-order valence-corrected chi connectivity index (χ2v) is 8.45. The first kappa shape index (κ1) is 23.2. The Kier molecular flexibility index (Phi) is 7.39. The zero-order chi connectivity index (χ0) is 23.3. The number of amides is 2. The van der Waals surface area contributed by atoms with E-state index in [0.717, 1.165) is 22.2 Å². The Morgan fingerprint density at radius 2 is 1.78 bits per heavy atom. The van der Waals surface area contributed by atoms with Gasteiger partial charge in [0.05, 0.1) is 10.5 Å². The Balaban J connectivity index is 1.56. The van der Waals surface area contributed by atoms with Gasteiger partial charge in [-0.1, -0.05) is 53.8 Å². The van der Waals surface area contributed by atoms with E-state index in [0.29, 0.717) is 16.2 Å². The van der Waals surface area contributed by atoms with Gasteiger partial charge < -0.3 is 15.2 Å². The highest BCUT2D eigenvalue weighted by molar-refractivity contribution is 8.26. The Bertz CT molecular complexity index is 1110. The van der Waals surface area contributed by atoms with Crippen LogP contribution in [0.1, 0.15) is 21.5 Å². The van der Waals surface area contributed by atoms with Crippen molar-refractivity contribution in [2.24, 2.45) is 0 Å². The fourth-order valence-electron chi connectivity index (χ4n) is 2.69. The Morgan fingerprint density at radius 1 is 1.12 bits per heavy atom. The predicted molar refractivity (Wildman–Crippen MR) is 124 cm³/mol. The van der Waals surface area contributed by atoms with Crippen molar-refractivity contribution in [2.75, 3.05) is 18.5 Å². The van der Waals surface area contributed by atoms with E-state index in [1.165, 1.54) is 12.1 Å². The molecule has 0 radical (unpaired) electrons. The number of esters is 1. The SMILES string of the molecule is Cc1ccc(NC(=O)COC(=O)c2ccc(C=C3SC(=S)N(CC(=O)O)C3=O)cc2)cc1. The Hall–Kier alpha value is -3.50. The molecule has 1 fully saturated rings.